The number of furan rings is 2. The molecule has 0 aliphatic heterocycles. The standard InChI is InChI=1S/C45H35N2O2.C11H8N.Ir/c1-27(2)35-22-31(29-14-7-5-8-15-29)23-36(28(3)4)43(35)47-39-21-12-11-20-38(39)46-45(47)34-19-13-18-33-37-26-41-32(25-42(37)49-44(33)34)24-40(48-41)30-16-9-6-10-17-30;1-2-6-10(7-3-1)11-8-4-5-9-12-11;/h5-18,20-28H,1-4H3;1-6,8-9H;/q2*-1;. The average molecular weight is 982 g/mol. The summed E-state index contributed by atoms with van der Waals surface area (Å²) in [5, 5.41) is 3.02. The third kappa shape index (κ3) is 7.57. The zero-order chi connectivity index (χ0) is 41.5. The first-order chi connectivity index (χ1) is 29.9. The van der Waals surface area contributed by atoms with Gasteiger partial charge in [-0.1, -0.05) is 124 Å². The summed E-state index contributed by atoms with van der Waals surface area (Å²) in [6, 6.07) is 64.7. The predicted molar refractivity (Wildman–Crippen MR) is 250 cm³/mol. The van der Waals surface area contributed by atoms with Crippen molar-refractivity contribution in [1.82, 2.24) is 14.5 Å². The minimum Gasteiger partial charge on any atom is -0.501 e. The molecule has 4 heterocycles. The van der Waals surface area contributed by atoms with Gasteiger partial charge in [0.15, 0.2) is 0 Å². The van der Waals surface area contributed by atoms with Gasteiger partial charge in [-0.3, -0.25) is 4.98 Å². The molecule has 0 aliphatic carbocycles. The Hall–Kier alpha value is -6.85. The Morgan fingerprint density at radius 1 is 0.565 bits per heavy atom. The number of imidazole rings is 1. The Kier molecular flexibility index (Phi) is 11.3. The van der Waals surface area contributed by atoms with E-state index < -0.39 is 0 Å². The molecule has 11 rings (SSSR count). The van der Waals surface area contributed by atoms with Crippen LogP contribution in [0.15, 0.2) is 185 Å². The van der Waals surface area contributed by atoms with E-state index in [0.717, 1.165) is 77.9 Å². The minimum atomic E-state index is 0. The average Bonchev–Trinajstić information content (AvgIpc) is 4.02. The maximum atomic E-state index is 6.75. The van der Waals surface area contributed by atoms with Crippen LogP contribution in [0.3, 0.4) is 0 Å². The van der Waals surface area contributed by atoms with Gasteiger partial charge in [0.25, 0.3) is 0 Å². The van der Waals surface area contributed by atoms with E-state index in [-0.39, 0.29) is 31.9 Å². The second-order valence-electron chi connectivity index (χ2n) is 16.0. The smallest absolute Gasteiger partial charge is 0.135 e. The number of hydrogen-bond donors (Lipinski definition) is 0. The summed E-state index contributed by atoms with van der Waals surface area (Å²) in [6.07, 6.45) is 1.79. The van der Waals surface area contributed by atoms with Crippen LogP contribution in [0.5, 0.6) is 0 Å². The van der Waals surface area contributed by atoms with Gasteiger partial charge < -0.3 is 18.4 Å². The molecule has 0 saturated heterocycles. The fourth-order valence-corrected chi connectivity index (χ4v) is 8.29. The van der Waals surface area contributed by atoms with Crippen molar-refractivity contribution in [1.29, 1.82) is 0 Å². The van der Waals surface area contributed by atoms with Crippen LogP contribution in [0.1, 0.15) is 50.7 Å². The van der Waals surface area contributed by atoms with Crippen molar-refractivity contribution in [2.45, 2.75) is 39.5 Å². The zero-order valence-corrected chi connectivity index (χ0v) is 37.3. The molecule has 4 aromatic heterocycles. The molecular formula is C56H43IrN3O2-2. The van der Waals surface area contributed by atoms with Crippen molar-refractivity contribution in [2.24, 2.45) is 0 Å². The van der Waals surface area contributed by atoms with E-state index in [1.807, 2.05) is 66.7 Å². The van der Waals surface area contributed by atoms with Gasteiger partial charge >= 0.3 is 0 Å². The molecule has 0 aliphatic rings. The molecule has 0 bridgehead atoms. The van der Waals surface area contributed by atoms with Crippen molar-refractivity contribution in [2.75, 3.05) is 0 Å². The van der Waals surface area contributed by atoms with Gasteiger partial charge in [-0.05, 0) is 88.3 Å². The number of nitrogens with zero attached hydrogens (tertiary/aromatic N) is 3. The van der Waals surface area contributed by atoms with Crippen LogP contribution in [0.25, 0.3) is 94.7 Å². The van der Waals surface area contributed by atoms with E-state index in [0.29, 0.717) is 0 Å². The summed E-state index contributed by atoms with van der Waals surface area (Å²) < 4.78 is 15.5. The molecule has 0 spiro atoms. The maximum Gasteiger partial charge on any atom is 0.135 e. The number of aromatic nitrogens is 3. The number of fused-ring (bicyclic) bond motifs is 5. The fourth-order valence-electron chi connectivity index (χ4n) is 8.29. The molecule has 0 unspecified atom stereocenters. The molecule has 11 aromatic rings. The van der Waals surface area contributed by atoms with Gasteiger partial charge in [0, 0.05) is 48.3 Å². The maximum absolute atomic E-state index is 6.75. The first-order valence-electron chi connectivity index (χ1n) is 20.9. The Balaban J connectivity index is 0.000000325. The second-order valence-corrected chi connectivity index (χ2v) is 16.0. The Morgan fingerprint density at radius 2 is 1.26 bits per heavy atom. The molecule has 0 saturated carbocycles. The molecule has 0 fully saturated rings. The van der Waals surface area contributed by atoms with Crippen LogP contribution in [0.4, 0.5) is 0 Å². The number of benzene rings is 7. The first kappa shape index (κ1) is 40.5. The van der Waals surface area contributed by atoms with Crippen LogP contribution in [0, 0.1) is 12.1 Å². The Labute approximate surface area is 375 Å². The number of hydrogen-bond acceptors (Lipinski definition) is 4. The summed E-state index contributed by atoms with van der Waals surface area (Å²) in [6.45, 7) is 9.12. The molecule has 0 amide bonds. The summed E-state index contributed by atoms with van der Waals surface area (Å²) in [7, 11) is 0. The van der Waals surface area contributed by atoms with E-state index in [2.05, 4.69) is 153 Å². The Morgan fingerprint density at radius 3 is 1.95 bits per heavy atom. The van der Waals surface area contributed by atoms with Crippen LogP contribution in [0.2, 0.25) is 0 Å². The van der Waals surface area contributed by atoms with Crippen LogP contribution in [-0.2, 0) is 20.1 Å². The largest absolute Gasteiger partial charge is 0.501 e. The van der Waals surface area contributed by atoms with Crippen LogP contribution >= 0.6 is 0 Å². The van der Waals surface area contributed by atoms with Crippen molar-refractivity contribution < 1.29 is 28.9 Å². The summed E-state index contributed by atoms with van der Waals surface area (Å²) in [5.41, 5.74) is 14.5. The zero-order valence-electron chi connectivity index (χ0n) is 34.9. The van der Waals surface area contributed by atoms with Crippen molar-refractivity contribution in [3.8, 4) is 50.8 Å². The normalized spacial score (nSPS) is 11.4. The summed E-state index contributed by atoms with van der Waals surface area (Å²) >= 11 is 0. The third-order valence-electron chi connectivity index (χ3n) is 11.3. The second kappa shape index (κ2) is 17.3. The molecule has 0 atom stereocenters. The molecule has 6 heteroatoms. The molecule has 62 heavy (non-hydrogen) atoms. The van der Waals surface area contributed by atoms with E-state index in [1.165, 1.54) is 27.9 Å². The Bertz CT molecular complexity index is 3230. The predicted octanol–water partition coefficient (Wildman–Crippen LogP) is 15.3. The number of para-hydroxylation sites is 2. The molecule has 1 radical (unpaired) electrons. The van der Waals surface area contributed by atoms with Crippen molar-refractivity contribution in [3.05, 3.63) is 199 Å². The monoisotopic (exact) mass is 982 g/mol. The van der Waals surface area contributed by atoms with Crippen LogP contribution < -0.4 is 0 Å². The van der Waals surface area contributed by atoms with Crippen molar-refractivity contribution in [3.63, 3.8) is 0 Å². The third-order valence-corrected chi connectivity index (χ3v) is 11.3. The van der Waals surface area contributed by atoms with Crippen LogP contribution in [-0.4, -0.2) is 14.5 Å². The molecule has 5 nitrogen and oxygen atoms in total. The van der Waals surface area contributed by atoms with Gasteiger partial charge in [0.2, 0.25) is 0 Å². The molecular weight excluding hydrogens is 939 g/mol. The quantitative estimate of drug-likeness (QED) is 0.149. The summed E-state index contributed by atoms with van der Waals surface area (Å²) in [4.78, 5) is 9.52. The van der Waals surface area contributed by atoms with E-state index in [9.17, 15) is 0 Å². The van der Waals surface area contributed by atoms with Gasteiger partial charge in [0.1, 0.15) is 16.9 Å². The minimum absolute atomic E-state index is 0. The van der Waals surface area contributed by atoms with Gasteiger partial charge in [0.05, 0.1) is 22.4 Å². The van der Waals surface area contributed by atoms with Crippen molar-refractivity contribution >= 4 is 43.9 Å². The van der Waals surface area contributed by atoms with Gasteiger partial charge in [-0.25, -0.2) is 0 Å². The first-order valence-corrected chi connectivity index (χ1v) is 20.9. The van der Waals surface area contributed by atoms with Gasteiger partial charge in [-0.2, -0.15) is 0 Å². The summed E-state index contributed by atoms with van der Waals surface area (Å²) in [5.74, 6) is 2.20. The fraction of sp³-hybridized carbons (Fsp3) is 0.107. The number of pyridine rings is 1. The van der Waals surface area contributed by atoms with E-state index in [4.69, 9.17) is 13.8 Å². The van der Waals surface area contributed by atoms with E-state index in [1.54, 1.807) is 6.20 Å². The number of rotatable bonds is 7. The molecule has 305 valence electrons. The topological polar surface area (TPSA) is 57.0 Å². The SMILES string of the molecule is CC(C)c1cc(-c2ccccc2)cc(C(C)C)c1-n1c(-c2[c-]ccc3c2oc2cc4cc(-c5ccccc5)oc4cc23)nc2ccccc21.[Ir].[c-]1ccccc1-c1ccccn1. The van der Waals surface area contributed by atoms with Gasteiger partial charge in [-0.15, -0.1) is 54.1 Å². The molecule has 7 aromatic carbocycles. The molecule has 0 N–H and O–H groups in total. The van der Waals surface area contributed by atoms with E-state index >= 15 is 0 Å².